The summed E-state index contributed by atoms with van der Waals surface area (Å²) in [5.41, 5.74) is 0.355. The van der Waals surface area contributed by atoms with Gasteiger partial charge in [-0.1, -0.05) is 18.2 Å². The number of hydrogen-bond acceptors (Lipinski definition) is 6. The van der Waals surface area contributed by atoms with Crippen molar-refractivity contribution in [1.82, 2.24) is 30.4 Å². The van der Waals surface area contributed by atoms with Crippen LogP contribution in [0, 0.1) is 5.82 Å². The van der Waals surface area contributed by atoms with Gasteiger partial charge in [-0.15, -0.1) is 5.10 Å². The van der Waals surface area contributed by atoms with Crippen molar-refractivity contribution in [2.75, 3.05) is 26.3 Å². The van der Waals surface area contributed by atoms with E-state index in [1.165, 1.54) is 10.7 Å². The fraction of sp³-hybridized carbons (Fsp3) is 0.467. The first kappa shape index (κ1) is 16.5. The molecular formula is C15H19FN6O2. The summed E-state index contributed by atoms with van der Waals surface area (Å²) in [6.45, 7) is 2.35. The number of carbonyl (C=O) groups is 1. The molecule has 24 heavy (non-hydrogen) atoms. The highest BCUT2D eigenvalue weighted by molar-refractivity contribution is 5.83. The molecule has 1 amide bonds. The lowest BCUT2D eigenvalue weighted by atomic mass is 10.0. The van der Waals surface area contributed by atoms with E-state index in [9.17, 15) is 9.18 Å². The van der Waals surface area contributed by atoms with Crippen LogP contribution in [0.3, 0.4) is 0 Å². The second-order valence-electron chi connectivity index (χ2n) is 5.51. The maximum atomic E-state index is 14.3. The van der Waals surface area contributed by atoms with Gasteiger partial charge in [0, 0.05) is 25.7 Å². The van der Waals surface area contributed by atoms with E-state index in [0.29, 0.717) is 37.7 Å². The first-order valence-electron chi connectivity index (χ1n) is 7.72. The van der Waals surface area contributed by atoms with Crippen molar-refractivity contribution in [3.8, 4) is 0 Å². The average molecular weight is 334 g/mol. The van der Waals surface area contributed by atoms with E-state index in [-0.39, 0.29) is 12.5 Å². The normalized spacial score (nSPS) is 16.8. The number of aryl methyl sites for hydroxylation is 1. The lowest BCUT2D eigenvalue weighted by Gasteiger charge is -2.33. The molecular weight excluding hydrogens is 315 g/mol. The quantitative estimate of drug-likeness (QED) is 0.831. The SMILES string of the molecule is Cn1nnnc1CNC(=O)C(c1ccccc1F)N1CCOCC1. The summed E-state index contributed by atoms with van der Waals surface area (Å²) >= 11 is 0. The standard InChI is InChI=1S/C15H19FN6O2/c1-21-13(18-19-20-21)10-17-15(23)14(22-6-8-24-9-7-22)11-4-2-3-5-12(11)16/h2-5,14H,6-10H2,1H3,(H,17,23). The largest absolute Gasteiger partial charge is 0.379 e. The molecule has 1 saturated heterocycles. The van der Waals surface area contributed by atoms with E-state index in [4.69, 9.17) is 4.74 Å². The minimum Gasteiger partial charge on any atom is -0.379 e. The molecule has 1 N–H and O–H groups in total. The molecule has 1 unspecified atom stereocenters. The van der Waals surface area contributed by atoms with Crippen molar-refractivity contribution in [2.24, 2.45) is 7.05 Å². The number of halogens is 1. The summed E-state index contributed by atoms with van der Waals surface area (Å²) in [5, 5.41) is 13.9. The molecule has 1 aliphatic rings. The van der Waals surface area contributed by atoms with Crippen LogP contribution in [0.1, 0.15) is 17.4 Å². The molecule has 8 nitrogen and oxygen atoms in total. The Hall–Kier alpha value is -2.39. The van der Waals surface area contributed by atoms with Gasteiger partial charge in [0.2, 0.25) is 5.91 Å². The highest BCUT2D eigenvalue weighted by atomic mass is 19.1. The lowest BCUT2D eigenvalue weighted by Crippen LogP contribution is -2.46. The highest BCUT2D eigenvalue weighted by Crippen LogP contribution is 2.24. The monoisotopic (exact) mass is 334 g/mol. The van der Waals surface area contributed by atoms with Crippen LogP contribution in [-0.2, 0) is 23.1 Å². The Kier molecular flexibility index (Phi) is 5.11. The zero-order chi connectivity index (χ0) is 16.9. The Morgan fingerprint density at radius 2 is 2.12 bits per heavy atom. The number of hydrogen-bond donors (Lipinski definition) is 1. The fourth-order valence-corrected chi connectivity index (χ4v) is 2.70. The Balaban J connectivity index is 1.79. The first-order valence-corrected chi connectivity index (χ1v) is 7.72. The molecule has 3 rings (SSSR count). The van der Waals surface area contributed by atoms with Crippen molar-refractivity contribution in [1.29, 1.82) is 0 Å². The van der Waals surface area contributed by atoms with Crippen LogP contribution in [0.15, 0.2) is 24.3 Å². The Labute approximate surface area is 138 Å². The van der Waals surface area contributed by atoms with Gasteiger partial charge in [0.15, 0.2) is 5.82 Å². The molecule has 1 atom stereocenters. The molecule has 1 aromatic heterocycles. The van der Waals surface area contributed by atoms with E-state index >= 15 is 0 Å². The van der Waals surface area contributed by atoms with Crippen LogP contribution in [0.2, 0.25) is 0 Å². The second-order valence-corrected chi connectivity index (χ2v) is 5.51. The van der Waals surface area contributed by atoms with Gasteiger partial charge in [-0.3, -0.25) is 9.69 Å². The molecule has 0 aliphatic carbocycles. The van der Waals surface area contributed by atoms with Crippen LogP contribution in [0.4, 0.5) is 4.39 Å². The zero-order valence-electron chi connectivity index (χ0n) is 13.4. The predicted molar refractivity (Wildman–Crippen MR) is 82.2 cm³/mol. The second kappa shape index (κ2) is 7.45. The van der Waals surface area contributed by atoms with Gasteiger partial charge in [0.1, 0.15) is 11.9 Å². The molecule has 0 bridgehead atoms. The number of tetrazole rings is 1. The molecule has 1 aliphatic heterocycles. The molecule has 0 radical (unpaired) electrons. The van der Waals surface area contributed by atoms with Gasteiger partial charge in [0.25, 0.3) is 0 Å². The van der Waals surface area contributed by atoms with E-state index < -0.39 is 11.9 Å². The van der Waals surface area contributed by atoms with Crippen molar-refractivity contribution >= 4 is 5.91 Å². The van der Waals surface area contributed by atoms with Gasteiger partial charge in [-0.2, -0.15) is 0 Å². The Bertz CT molecular complexity index is 701. The van der Waals surface area contributed by atoms with Crippen LogP contribution in [0.5, 0.6) is 0 Å². The van der Waals surface area contributed by atoms with Crippen LogP contribution in [0.25, 0.3) is 0 Å². The van der Waals surface area contributed by atoms with Gasteiger partial charge in [-0.05, 0) is 16.5 Å². The van der Waals surface area contributed by atoms with Crippen molar-refractivity contribution in [2.45, 2.75) is 12.6 Å². The maximum absolute atomic E-state index is 14.3. The predicted octanol–water partition coefficient (Wildman–Crippen LogP) is 0.0389. The van der Waals surface area contributed by atoms with Gasteiger partial charge in [0.05, 0.1) is 19.8 Å². The lowest BCUT2D eigenvalue weighted by molar-refractivity contribution is -0.128. The summed E-state index contributed by atoms with van der Waals surface area (Å²) < 4.78 is 21.1. The van der Waals surface area contributed by atoms with Gasteiger partial charge < -0.3 is 10.1 Å². The molecule has 1 fully saturated rings. The third-order valence-electron chi connectivity index (χ3n) is 3.99. The highest BCUT2D eigenvalue weighted by Gasteiger charge is 2.31. The molecule has 1 aromatic carbocycles. The maximum Gasteiger partial charge on any atom is 0.242 e. The summed E-state index contributed by atoms with van der Waals surface area (Å²) in [4.78, 5) is 14.7. The number of ether oxygens (including phenoxy) is 1. The van der Waals surface area contributed by atoms with Crippen molar-refractivity contribution in [3.05, 3.63) is 41.5 Å². The van der Waals surface area contributed by atoms with E-state index in [2.05, 4.69) is 20.8 Å². The number of morpholine rings is 1. The summed E-state index contributed by atoms with van der Waals surface area (Å²) in [7, 11) is 1.69. The number of nitrogens with one attached hydrogen (secondary N) is 1. The Morgan fingerprint density at radius 3 is 2.79 bits per heavy atom. The minimum absolute atomic E-state index is 0.178. The van der Waals surface area contributed by atoms with E-state index in [0.717, 1.165) is 0 Å². The molecule has 2 heterocycles. The summed E-state index contributed by atoms with van der Waals surface area (Å²) in [6.07, 6.45) is 0. The number of benzene rings is 1. The van der Waals surface area contributed by atoms with Gasteiger partial charge in [-0.25, -0.2) is 9.07 Å². The number of nitrogens with zero attached hydrogens (tertiary/aromatic N) is 5. The van der Waals surface area contributed by atoms with Crippen molar-refractivity contribution < 1.29 is 13.9 Å². The van der Waals surface area contributed by atoms with E-state index in [1.807, 2.05) is 4.90 Å². The molecule has 0 saturated carbocycles. The van der Waals surface area contributed by atoms with E-state index in [1.54, 1.807) is 25.2 Å². The van der Waals surface area contributed by atoms with Gasteiger partial charge >= 0.3 is 0 Å². The summed E-state index contributed by atoms with van der Waals surface area (Å²) in [6, 6.07) is 5.63. The first-order chi connectivity index (χ1) is 11.7. The smallest absolute Gasteiger partial charge is 0.242 e. The van der Waals surface area contributed by atoms with Crippen LogP contribution < -0.4 is 5.32 Å². The number of aromatic nitrogens is 4. The third-order valence-corrected chi connectivity index (χ3v) is 3.99. The minimum atomic E-state index is -0.712. The third kappa shape index (κ3) is 3.57. The molecule has 9 heteroatoms. The zero-order valence-corrected chi connectivity index (χ0v) is 13.4. The number of carbonyl (C=O) groups excluding carboxylic acids is 1. The number of amides is 1. The number of rotatable bonds is 5. The molecule has 0 spiro atoms. The fourth-order valence-electron chi connectivity index (χ4n) is 2.70. The van der Waals surface area contributed by atoms with Crippen LogP contribution >= 0.6 is 0 Å². The van der Waals surface area contributed by atoms with Crippen molar-refractivity contribution in [3.63, 3.8) is 0 Å². The average Bonchev–Trinajstić information content (AvgIpc) is 3.01. The Morgan fingerprint density at radius 1 is 1.38 bits per heavy atom. The summed E-state index contributed by atoms with van der Waals surface area (Å²) in [5.74, 6) is -0.160. The van der Waals surface area contributed by atoms with Crippen LogP contribution in [-0.4, -0.2) is 57.3 Å². The topological polar surface area (TPSA) is 85.2 Å². The molecule has 128 valence electrons. The molecule has 2 aromatic rings.